The second kappa shape index (κ2) is 10.1. The number of hydrogen-bond acceptors (Lipinski definition) is 10. The lowest BCUT2D eigenvalue weighted by Gasteiger charge is -2.13. The Bertz CT molecular complexity index is 1340. The molecule has 3 aromatic rings. The van der Waals surface area contributed by atoms with Crippen LogP contribution in [0.25, 0.3) is 16.3 Å². The molecule has 0 fully saturated rings. The zero-order valence-corrected chi connectivity index (χ0v) is 20.6. The molecule has 33 heavy (non-hydrogen) atoms. The van der Waals surface area contributed by atoms with Gasteiger partial charge in [-0.3, -0.25) is 14.3 Å². The molecule has 0 radical (unpaired) electrons. The van der Waals surface area contributed by atoms with Crippen molar-refractivity contribution >= 4 is 61.2 Å². The Morgan fingerprint density at radius 1 is 1.24 bits per heavy atom. The molecule has 0 amide bonds. The van der Waals surface area contributed by atoms with E-state index in [2.05, 4.69) is 31.9 Å². The molecule has 1 aliphatic heterocycles. The Balaban J connectivity index is 0.000000454. The number of hydrogen-bond donors (Lipinski definition) is 0. The molecule has 13 heteroatoms. The third-order valence-corrected chi connectivity index (χ3v) is 7.36. The summed E-state index contributed by atoms with van der Waals surface area (Å²) in [5.74, 6) is 0.873. The lowest BCUT2D eigenvalue weighted by Crippen LogP contribution is -2.29. The van der Waals surface area contributed by atoms with Gasteiger partial charge in [0.05, 0.1) is 35.4 Å². The number of anilines is 1. The van der Waals surface area contributed by atoms with Crippen molar-refractivity contribution in [3.8, 4) is 5.75 Å². The predicted octanol–water partition coefficient (Wildman–Crippen LogP) is 3.67. The van der Waals surface area contributed by atoms with Crippen LogP contribution in [0.5, 0.6) is 5.75 Å². The van der Waals surface area contributed by atoms with Crippen LogP contribution in [0, 0.1) is 10.1 Å². The Kier molecular flexibility index (Phi) is 7.59. The lowest BCUT2D eigenvalue weighted by molar-refractivity contribution is -0.642. The first-order valence-electron chi connectivity index (χ1n) is 9.52. The van der Waals surface area contributed by atoms with Gasteiger partial charge in [0.15, 0.2) is 0 Å². The number of non-ortho nitro benzene ring substituents is 1. The van der Waals surface area contributed by atoms with Crippen LogP contribution in [0.3, 0.4) is 0 Å². The van der Waals surface area contributed by atoms with E-state index in [1.807, 2.05) is 27.1 Å². The highest BCUT2D eigenvalue weighted by atomic mass is 32.3. The molecule has 10 nitrogen and oxygen atoms in total. The standard InChI is InChI=1S/C19H18N3O3S2.CH4O4S/c1-4-25-13-6-8-15-17(10-13)27-19(21(15)3)11-18-20(2)14-7-5-12(22(23)24)9-16(14)26-18;1-5-6(2,3)4/h5-11H,4H2,1-3H3;1H3,(H,2,3,4)/q+1;/p-1. The molecule has 2 aromatic carbocycles. The summed E-state index contributed by atoms with van der Waals surface area (Å²) in [6.45, 7) is 2.62. The van der Waals surface area contributed by atoms with Crippen LogP contribution >= 0.6 is 23.1 Å². The summed E-state index contributed by atoms with van der Waals surface area (Å²) in [5.41, 5.74) is 2.25. The van der Waals surface area contributed by atoms with Crippen LogP contribution in [0.1, 0.15) is 11.9 Å². The molecular weight excluding hydrogens is 490 g/mol. The fourth-order valence-corrected chi connectivity index (χ4v) is 5.35. The van der Waals surface area contributed by atoms with Gasteiger partial charge < -0.3 is 14.2 Å². The van der Waals surface area contributed by atoms with Crippen LogP contribution < -0.4 is 14.2 Å². The minimum atomic E-state index is -4.41. The molecule has 0 spiro atoms. The molecule has 176 valence electrons. The molecule has 1 aliphatic rings. The number of nitro benzene ring substituents is 1. The number of aryl methyl sites for hydroxylation is 1. The third-order valence-electron chi connectivity index (χ3n) is 4.66. The van der Waals surface area contributed by atoms with Gasteiger partial charge in [0.1, 0.15) is 17.5 Å². The summed E-state index contributed by atoms with van der Waals surface area (Å²) in [6.07, 6.45) is 2.13. The van der Waals surface area contributed by atoms with E-state index in [9.17, 15) is 23.1 Å². The summed E-state index contributed by atoms with van der Waals surface area (Å²) in [4.78, 5) is 14.0. The van der Waals surface area contributed by atoms with E-state index < -0.39 is 10.4 Å². The Morgan fingerprint density at radius 3 is 2.55 bits per heavy atom. The molecule has 4 rings (SSSR count). The molecule has 1 aromatic heterocycles. The Hall–Kier alpha value is -2.71. The molecule has 0 N–H and O–H groups in total. The zero-order chi connectivity index (χ0) is 24.3. The van der Waals surface area contributed by atoms with Crippen LogP contribution in [-0.2, 0) is 21.6 Å². The number of benzene rings is 2. The molecular formula is C20H21N3O7S3. The predicted molar refractivity (Wildman–Crippen MR) is 126 cm³/mol. The van der Waals surface area contributed by atoms with Gasteiger partial charge in [-0.25, -0.2) is 8.42 Å². The van der Waals surface area contributed by atoms with E-state index >= 15 is 0 Å². The maximum absolute atomic E-state index is 11.0. The second-order valence-electron chi connectivity index (χ2n) is 6.69. The summed E-state index contributed by atoms with van der Waals surface area (Å²) >= 11 is 3.25. The minimum Gasteiger partial charge on any atom is -0.726 e. The molecule has 0 unspecified atom stereocenters. The van der Waals surface area contributed by atoms with Crippen LogP contribution in [0.15, 0.2) is 46.3 Å². The number of nitro groups is 1. The number of aromatic nitrogens is 1. The van der Waals surface area contributed by atoms with Crippen molar-refractivity contribution in [3.05, 3.63) is 56.5 Å². The van der Waals surface area contributed by atoms with Gasteiger partial charge in [0, 0.05) is 30.1 Å². The first-order chi connectivity index (χ1) is 15.5. The first kappa shape index (κ1) is 24.9. The van der Waals surface area contributed by atoms with Gasteiger partial charge in [-0.1, -0.05) is 23.1 Å². The van der Waals surface area contributed by atoms with Crippen LogP contribution in [-0.4, -0.2) is 38.7 Å². The average Bonchev–Trinajstić information content (AvgIpc) is 3.24. The number of thioether (sulfide) groups is 1. The lowest BCUT2D eigenvalue weighted by atomic mass is 10.3. The topological polar surface area (TPSA) is 126 Å². The first-order valence-corrected chi connectivity index (χ1v) is 12.5. The van der Waals surface area contributed by atoms with Crippen molar-refractivity contribution in [2.24, 2.45) is 7.05 Å². The Labute approximate surface area is 199 Å². The number of thiazole rings is 1. The smallest absolute Gasteiger partial charge is 0.271 e. The van der Waals surface area contributed by atoms with Gasteiger partial charge in [-0.2, -0.15) is 4.57 Å². The molecule has 0 aliphatic carbocycles. The number of nitrogens with zero attached hydrogens (tertiary/aromatic N) is 3. The molecule has 0 bridgehead atoms. The molecule has 0 saturated carbocycles. The summed E-state index contributed by atoms with van der Waals surface area (Å²) in [6, 6.07) is 11.1. The van der Waals surface area contributed by atoms with E-state index in [4.69, 9.17) is 4.74 Å². The van der Waals surface area contributed by atoms with Crippen LogP contribution in [0.4, 0.5) is 11.4 Å². The fraction of sp³-hybridized carbons (Fsp3) is 0.250. The number of fused-ring (bicyclic) bond motifs is 2. The van der Waals surface area contributed by atoms with Crippen molar-refractivity contribution in [3.63, 3.8) is 0 Å². The number of ether oxygens (including phenoxy) is 1. The highest BCUT2D eigenvalue weighted by molar-refractivity contribution is 8.03. The van der Waals surface area contributed by atoms with E-state index in [0.717, 1.165) is 43.7 Å². The van der Waals surface area contributed by atoms with Gasteiger partial charge >= 0.3 is 0 Å². The largest absolute Gasteiger partial charge is 0.726 e. The minimum absolute atomic E-state index is 0.117. The fourth-order valence-electron chi connectivity index (χ4n) is 3.04. The molecule has 2 heterocycles. The number of rotatable bonds is 5. The summed E-state index contributed by atoms with van der Waals surface area (Å²) < 4.78 is 39.6. The normalized spacial score (nSPS) is 14.2. The van der Waals surface area contributed by atoms with Crippen molar-refractivity contribution < 1.29 is 31.4 Å². The van der Waals surface area contributed by atoms with Crippen molar-refractivity contribution in [1.82, 2.24) is 0 Å². The summed E-state index contributed by atoms with van der Waals surface area (Å²) in [5, 5.41) is 13.2. The zero-order valence-electron chi connectivity index (χ0n) is 18.2. The SMILES string of the molecule is CCOc1ccc2c(c1)S/C(=C\c1sc3cc([N+](=O)[O-])ccc3[n+]1C)N2C.COS(=O)(=O)[O-]. The highest BCUT2D eigenvalue weighted by Gasteiger charge is 2.25. The van der Waals surface area contributed by atoms with Gasteiger partial charge in [0.25, 0.3) is 10.7 Å². The van der Waals surface area contributed by atoms with Crippen molar-refractivity contribution in [1.29, 1.82) is 0 Å². The van der Waals surface area contributed by atoms with E-state index in [-0.39, 0.29) is 10.6 Å². The van der Waals surface area contributed by atoms with E-state index in [0.29, 0.717) is 6.61 Å². The van der Waals surface area contributed by atoms with Gasteiger partial charge in [0.2, 0.25) is 15.9 Å². The quantitative estimate of drug-likeness (QED) is 0.166. The monoisotopic (exact) mass is 511 g/mol. The maximum Gasteiger partial charge on any atom is 0.271 e. The average molecular weight is 512 g/mol. The highest BCUT2D eigenvalue weighted by Crippen LogP contribution is 2.47. The van der Waals surface area contributed by atoms with Gasteiger partial charge in [-0.15, -0.1) is 0 Å². The van der Waals surface area contributed by atoms with E-state index in [1.54, 1.807) is 41.3 Å². The molecule has 0 saturated heterocycles. The summed E-state index contributed by atoms with van der Waals surface area (Å²) in [7, 11) is 0.424. The Morgan fingerprint density at radius 2 is 1.94 bits per heavy atom. The van der Waals surface area contributed by atoms with Crippen molar-refractivity contribution in [2.75, 3.05) is 25.7 Å². The second-order valence-corrected chi connectivity index (χ2v) is 9.96. The van der Waals surface area contributed by atoms with Gasteiger partial charge in [-0.05, 0) is 25.1 Å². The molecule has 0 atom stereocenters. The van der Waals surface area contributed by atoms with E-state index in [1.165, 1.54) is 0 Å². The van der Waals surface area contributed by atoms with Crippen LogP contribution in [0.2, 0.25) is 0 Å². The maximum atomic E-state index is 11.0. The third kappa shape index (κ3) is 5.81. The van der Waals surface area contributed by atoms with Crippen molar-refractivity contribution in [2.45, 2.75) is 11.8 Å².